The Balaban J connectivity index is 1.88. The zero-order valence-electron chi connectivity index (χ0n) is 14.1. The number of fused-ring (bicyclic) bond motifs is 1. The fourth-order valence-electron chi connectivity index (χ4n) is 3.42. The topological polar surface area (TPSA) is 81.2 Å². The van der Waals surface area contributed by atoms with Crippen LogP contribution in [0.25, 0.3) is 10.9 Å². The van der Waals surface area contributed by atoms with Crippen LogP contribution in [-0.2, 0) is 14.6 Å². The normalized spacial score (nSPS) is 17.8. The van der Waals surface area contributed by atoms with Gasteiger partial charge < -0.3 is 10.1 Å². The summed E-state index contributed by atoms with van der Waals surface area (Å²) in [5, 5.41) is 4.38. The monoisotopic (exact) mass is 349 g/mol. The maximum absolute atomic E-state index is 11.9. The molecule has 0 bridgehead atoms. The average Bonchev–Trinajstić information content (AvgIpc) is 2.52. The summed E-state index contributed by atoms with van der Waals surface area (Å²) in [6.07, 6.45) is 4.30. The molecule has 130 valence electrons. The second kappa shape index (κ2) is 6.64. The number of ether oxygens (including phenoxy) is 1. The van der Waals surface area contributed by atoms with Gasteiger partial charge in [-0.3, -0.25) is 0 Å². The fraction of sp³-hybridized carbons (Fsp3) is 0.529. The van der Waals surface area contributed by atoms with E-state index < -0.39 is 9.84 Å². The van der Waals surface area contributed by atoms with Gasteiger partial charge >= 0.3 is 0 Å². The van der Waals surface area contributed by atoms with Crippen molar-refractivity contribution < 1.29 is 13.2 Å². The third-order valence-corrected chi connectivity index (χ3v) is 5.76. The summed E-state index contributed by atoms with van der Waals surface area (Å²) < 4.78 is 29.2. The van der Waals surface area contributed by atoms with Crippen LogP contribution in [0.5, 0.6) is 0 Å². The van der Waals surface area contributed by atoms with E-state index in [2.05, 4.69) is 15.3 Å². The van der Waals surface area contributed by atoms with Gasteiger partial charge in [0.2, 0.25) is 0 Å². The first-order valence-electron chi connectivity index (χ1n) is 8.08. The maximum atomic E-state index is 11.9. The standard InChI is InChI=1S/C17H23N3O3S/c1-13-4-3-5-14-15(13)16(20-12-19-14)18-10-17(11-24(2,21)22)6-8-23-9-7-17/h3-5,12H,6-11H2,1-2H3,(H,18,19,20). The van der Waals surface area contributed by atoms with Gasteiger partial charge in [0, 0.05) is 36.8 Å². The molecule has 1 aromatic carbocycles. The lowest BCUT2D eigenvalue weighted by atomic mass is 9.82. The van der Waals surface area contributed by atoms with Crippen LogP contribution >= 0.6 is 0 Å². The number of hydrogen-bond donors (Lipinski definition) is 1. The summed E-state index contributed by atoms with van der Waals surface area (Å²) in [6, 6.07) is 5.95. The van der Waals surface area contributed by atoms with E-state index in [-0.39, 0.29) is 11.2 Å². The van der Waals surface area contributed by atoms with E-state index in [0.717, 1.165) is 35.1 Å². The molecule has 1 fully saturated rings. The van der Waals surface area contributed by atoms with Crippen LogP contribution < -0.4 is 5.32 Å². The number of nitrogens with one attached hydrogen (secondary N) is 1. The number of anilines is 1. The van der Waals surface area contributed by atoms with Crippen molar-refractivity contribution in [2.45, 2.75) is 19.8 Å². The minimum Gasteiger partial charge on any atom is -0.381 e. The molecule has 2 aromatic rings. The first kappa shape index (κ1) is 17.1. The number of benzene rings is 1. The highest BCUT2D eigenvalue weighted by atomic mass is 32.2. The Morgan fingerprint density at radius 1 is 1.25 bits per heavy atom. The molecule has 0 atom stereocenters. The van der Waals surface area contributed by atoms with E-state index in [1.807, 2.05) is 25.1 Å². The lowest BCUT2D eigenvalue weighted by Crippen LogP contribution is -2.41. The molecule has 0 aliphatic carbocycles. The molecule has 0 unspecified atom stereocenters. The largest absolute Gasteiger partial charge is 0.381 e. The number of nitrogens with zero attached hydrogens (tertiary/aromatic N) is 2. The van der Waals surface area contributed by atoms with Gasteiger partial charge in [-0.1, -0.05) is 12.1 Å². The van der Waals surface area contributed by atoms with Crippen molar-refractivity contribution in [3.05, 3.63) is 30.1 Å². The molecule has 3 rings (SSSR count). The van der Waals surface area contributed by atoms with Crippen molar-refractivity contribution in [2.24, 2.45) is 5.41 Å². The van der Waals surface area contributed by atoms with Crippen molar-refractivity contribution >= 4 is 26.6 Å². The van der Waals surface area contributed by atoms with Crippen LogP contribution in [0.15, 0.2) is 24.5 Å². The number of rotatable bonds is 5. The average molecular weight is 349 g/mol. The Kier molecular flexibility index (Phi) is 4.73. The number of hydrogen-bond acceptors (Lipinski definition) is 6. The smallest absolute Gasteiger partial charge is 0.148 e. The number of aromatic nitrogens is 2. The molecule has 2 heterocycles. The molecular weight excluding hydrogens is 326 g/mol. The van der Waals surface area contributed by atoms with Crippen LogP contribution in [0.3, 0.4) is 0 Å². The van der Waals surface area contributed by atoms with Crippen LogP contribution in [0.4, 0.5) is 5.82 Å². The Hall–Kier alpha value is -1.73. The van der Waals surface area contributed by atoms with E-state index in [4.69, 9.17) is 4.74 Å². The summed E-state index contributed by atoms with van der Waals surface area (Å²) in [5.41, 5.74) is 1.67. The molecule has 0 radical (unpaired) electrons. The van der Waals surface area contributed by atoms with E-state index >= 15 is 0 Å². The number of sulfone groups is 1. The van der Waals surface area contributed by atoms with Crippen molar-refractivity contribution in [1.29, 1.82) is 0 Å². The van der Waals surface area contributed by atoms with Gasteiger partial charge in [-0.2, -0.15) is 0 Å². The van der Waals surface area contributed by atoms with Crippen molar-refractivity contribution in [3.8, 4) is 0 Å². The molecule has 1 aliphatic heterocycles. The number of aryl methyl sites for hydroxylation is 1. The highest BCUT2D eigenvalue weighted by molar-refractivity contribution is 7.90. The van der Waals surface area contributed by atoms with Crippen molar-refractivity contribution in [1.82, 2.24) is 9.97 Å². The molecule has 1 saturated heterocycles. The summed E-state index contributed by atoms with van der Waals surface area (Å²) in [7, 11) is -3.07. The van der Waals surface area contributed by atoms with Gasteiger partial charge in [-0.15, -0.1) is 0 Å². The zero-order valence-corrected chi connectivity index (χ0v) is 14.9. The second-order valence-corrected chi connectivity index (χ2v) is 8.87. The van der Waals surface area contributed by atoms with Gasteiger partial charge in [0.1, 0.15) is 22.0 Å². The molecule has 24 heavy (non-hydrogen) atoms. The molecular formula is C17H23N3O3S. The molecule has 7 heteroatoms. The maximum Gasteiger partial charge on any atom is 0.148 e. The Bertz CT molecular complexity index is 825. The van der Waals surface area contributed by atoms with Crippen LogP contribution in [0.1, 0.15) is 18.4 Å². The van der Waals surface area contributed by atoms with Crippen LogP contribution in [0.2, 0.25) is 0 Å². The fourth-order valence-corrected chi connectivity index (χ4v) is 4.92. The van der Waals surface area contributed by atoms with E-state index in [9.17, 15) is 8.42 Å². The van der Waals surface area contributed by atoms with E-state index in [0.29, 0.717) is 19.8 Å². The first-order chi connectivity index (χ1) is 11.4. The first-order valence-corrected chi connectivity index (χ1v) is 10.1. The van der Waals surface area contributed by atoms with Crippen LogP contribution in [0, 0.1) is 12.3 Å². The lowest BCUT2D eigenvalue weighted by Gasteiger charge is -2.36. The van der Waals surface area contributed by atoms with Gasteiger partial charge in [0.05, 0.1) is 11.3 Å². The Morgan fingerprint density at radius 2 is 2.00 bits per heavy atom. The minimum atomic E-state index is -3.07. The highest BCUT2D eigenvalue weighted by Gasteiger charge is 2.36. The molecule has 0 amide bonds. The SMILES string of the molecule is Cc1cccc2ncnc(NCC3(CS(C)(=O)=O)CCOCC3)c12. The molecule has 6 nitrogen and oxygen atoms in total. The predicted octanol–water partition coefficient (Wildman–Crippen LogP) is 2.19. The molecule has 1 aromatic heterocycles. The molecule has 0 saturated carbocycles. The molecule has 0 spiro atoms. The van der Waals surface area contributed by atoms with E-state index in [1.54, 1.807) is 0 Å². The lowest BCUT2D eigenvalue weighted by molar-refractivity contribution is 0.0315. The summed E-state index contributed by atoms with van der Waals surface area (Å²) >= 11 is 0. The quantitative estimate of drug-likeness (QED) is 0.891. The zero-order chi connectivity index (χ0) is 17.2. The van der Waals surface area contributed by atoms with Crippen molar-refractivity contribution in [2.75, 3.05) is 37.1 Å². The van der Waals surface area contributed by atoms with Crippen LogP contribution in [-0.4, -0.2) is 50.2 Å². The predicted molar refractivity (Wildman–Crippen MR) is 95.0 cm³/mol. The Labute approximate surface area is 142 Å². The molecule has 1 aliphatic rings. The minimum absolute atomic E-state index is 0.165. The third kappa shape index (κ3) is 3.84. The highest BCUT2D eigenvalue weighted by Crippen LogP contribution is 2.33. The summed E-state index contributed by atoms with van der Waals surface area (Å²) in [4.78, 5) is 8.68. The van der Waals surface area contributed by atoms with Gasteiger partial charge in [-0.05, 0) is 31.4 Å². The van der Waals surface area contributed by atoms with Gasteiger partial charge in [0.15, 0.2) is 0 Å². The van der Waals surface area contributed by atoms with E-state index in [1.165, 1.54) is 12.6 Å². The van der Waals surface area contributed by atoms with Gasteiger partial charge in [-0.25, -0.2) is 18.4 Å². The molecule has 1 N–H and O–H groups in total. The van der Waals surface area contributed by atoms with Crippen molar-refractivity contribution in [3.63, 3.8) is 0 Å². The third-order valence-electron chi connectivity index (χ3n) is 4.62. The Morgan fingerprint density at radius 3 is 2.71 bits per heavy atom. The summed E-state index contributed by atoms with van der Waals surface area (Å²) in [5.74, 6) is 0.927. The van der Waals surface area contributed by atoms with Gasteiger partial charge in [0.25, 0.3) is 0 Å². The summed E-state index contributed by atoms with van der Waals surface area (Å²) in [6.45, 7) is 3.78. The second-order valence-electron chi connectivity index (χ2n) is 6.73.